The first kappa shape index (κ1) is 8.83. The van der Waals surface area contributed by atoms with E-state index in [1.54, 1.807) is 19.3 Å². The van der Waals surface area contributed by atoms with E-state index in [1.165, 1.54) is 0 Å². The average Bonchev–Trinajstić information content (AvgIpc) is 2.65. The first-order chi connectivity index (χ1) is 6.77. The Balaban J connectivity index is 2.29. The predicted molar refractivity (Wildman–Crippen MR) is 49.3 cm³/mol. The van der Waals surface area contributed by atoms with Crippen molar-refractivity contribution < 1.29 is 4.52 Å². The summed E-state index contributed by atoms with van der Waals surface area (Å²) < 4.78 is 4.97. The third-order valence-corrected chi connectivity index (χ3v) is 1.85. The summed E-state index contributed by atoms with van der Waals surface area (Å²) in [6.07, 6.45) is 3.37. The van der Waals surface area contributed by atoms with Gasteiger partial charge in [0.05, 0.1) is 0 Å². The molecule has 72 valence electrons. The van der Waals surface area contributed by atoms with Gasteiger partial charge >= 0.3 is 0 Å². The van der Waals surface area contributed by atoms with Crippen LogP contribution in [-0.2, 0) is 0 Å². The monoisotopic (exact) mass is 190 g/mol. The lowest BCUT2D eigenvalue weighted by molar-refractivity contribution is 0.364. The minimum absolute atomic E-state index is 0.398. The molecule has 0 fully saturated rings. The molecule has 0 radical (unpaired) electrons. The second kappa shape index (κ2) is 3.55. The number of aryl methyl sites for hydroxylation is 1. The van der Waals surface area contributed by atoms with Gasteiger partial charge in [-0.05, 0) is 18.6 Å². The third kappa shape index (κ3) is 1.62. The molecule has 0 aliphatic heterocycles. The standard InChI is InChI=1S/C9H10N4O/c1-6-12-9(14-13-6)8(10)7-3-2-4-11-5-7/h2-5,8H,10H2,1H3/t8-/m1/s1. The Hall–Kier alpha value is -1.75. The van der Waals surface area contributed by atoms with Crippen molar-refractivity contribution in [2.45, 2.75) is 13.0 Å². The van der Waals surface area contributed by atoms with Gasteiger partial charge in [0.2, 0.25) is 5.89 Å². The molecule has 0 aliphatic rings. The van der Waals surface area contributed by atoms with Gasteiger partial charge < -0.3 is 10.3 Å². The van der Waals surface area contributed by atoms with Crippen molar-refractivity contribution in [3.8, 4) is 0 Å². The molecule has 0 spiro atoms. The van der Waals surface area contributed by atoms with Crippen molar-refractivity contribution >= 4 is 0 Å². The van der Waals surface area contributed by atoms with E-state index in [1.807, 2.05) is 12.1 Å². The molecule has 2 aromatic heterocycles. The third-order valence-electron chi connectivity index (χ3n) is 1.85. The molecule has 0 aromatic carbocycles. The molecule has 14 heavy (non-hydrogen) atoms. The smallest absolute Gasteiger partial charge is 0.248 e. The van der Waals surface area contributed by atoms with E-state index in [2.05, 4.69) is 15.1 Å². The van der Waals surface area contributed by atoms with E-state index in [4.69, 9.17) is 10.3 Å². The van der Waals surface area contributed by atoms with Crippen LogP contribution in [0.25, 0.3) is 0 Å². The average molecular weight is 190 g/mol. The van der Waals surface area contributed by atoms with Gasteiger partial charge in [-0.2, -0.15) is 4.98 Å². The maximum atomic E-state index is 5.89. The van der Waals surface area contributed by atoms with Crippen LogP contribution in [-0.4, -0.2) is 15.1 Å². The molecule has 0 saturated carbocycles. The van der Waals surface area contributed by atoms with E-state index < -0.39 is 6.04 Å². The van der Waals surface area contributed by atoms with Gasteiger partial charge in [0.1, 0.15) is 6.04 Å². The Bertz CT molecular complexity index is 412. The molecule has 5 nitrogen and oxygen atoms in total. The summed E-state index contributed by atoms with van der Waals surface area (Å²) in [4.78, 5) is 8.02. The minimum Gasteiger partial charge on any atom is -0.337 e. The maximum Gasteiger partial charge on any atom is 0.248 e. The Morgan fingerprint density at radius 1 is 1.50 bits per heavy atom. The summed E-state index contributed by atoms with van der Waals surface area (Å²) in [6, 6.07) is 3.29. The molecule has 2 aromatic rings. The Kier molecular flexibility index (Phi) is 2.24. The molecule has 0 bridgehead atoms. The first-order valence-corrected chi connectivity index (χ1v) is 4.23. The number of nitrogens with two attached hydrogens (primary N) is 1. The largest absolute Gasteiger partial charge is 0.337 e. The van der Waals surface area contributed by atoms with Crippen molar-refractivity contribution in [1.82, 2.24) is 15.1 Å². The number of pyridine rings is 1. The van der Waals surface area contributed by atoms with Gasteiger partial charge in [0, 0.05) is 12.4 Å². The van der Waals surface area contributed by atoms with Gasteiger partial charge in [-0.3, -0.25) is 4.98 Å². The quantitative estimate of drug-likeness (QED) is 0.758. The fourth-order valence-corrected chi connectivity index (χ4v) is 1.14. The summed E-state index contributed by atoms with van der Waals surface area (Å²) in [7, 11) is 0. The molecule has 2 N–H and O–H groups in total. The lowest BCUT2D eigenvalue weighted by atomic mass is 10.1. The van der Waals surface area contributed by atoms with Crippen molar-refractivity contribution in [3.05, 3.63) is 41.8 Å². The Labute approximate surface area is 81.0 Å². The maximum absolute atomic E-state index is 5.89. The number of rotatable bonds is 2. The van der Waals surface area contributed by atoms with Crippen LogP contribution in [0.2, 0.25) is 0 Å². The van der Waals surface area contributed by atoms with Crippen molar-refractivity contribution in [3.63, 3.8) is 0 Å². The van der Waals surface area contributed by atoms with Gasteiger partial charge in [0.15, 0.2) is 5.82 Å². The summed E-state index contributed by atoms with van der Waals surface area (Å²) in [5.74, 6) is 0.995. The molecule has 5 heteroatoms. The molecular weight excluding hydrogens is 180 g/mol. The summed E-state index contributed by atoms with van der Waals surface area (Å²) in [6.45, 7) is 1.75. The first-order valence-electron chi connectivity index (χ1n) is 4.23. The molecule has 2 heterocycles. The van der Waals surface area contributed by atoms with Crippen LogP contribution in [0.4, 0.5) is 0 Å². The van der Waals surface area contributed by atoms with E-state index in [9.17, 15) is 0 Å². The van der Waals surface area contributed by atoms with Gasteiger partial charge in [0.25, 0.3) is 0 Å². The minimum atomic E-state index is -0.398. The zero-order valence-electron chi connectivity index (χ0n) is 7.71. The number of hydrogen-bond acceptors (Lipinski definition) is 5. The molecular formula is C9H10N4O. The SMILES string of the molecule is Cc1noc([C@H](N)c2cccnc2)n1. The van der Waals surface area contributed by atoms with E-state index in [-0.39, 0.29) is 0 Å². The highest BCUT2D eigenvalue weighted by molar-refractivity contribution is 5.18. The number of aromatic nitrogens is 3. The van der Waals surface area contributed by atoms with Crippen molar-refractivity contribution in [2.24, 2.45) is 5.73 Å². The van der Waals surface area contributed by atoms with Crippen molar-refractivity contribution in [1.29, 1.82) is 0 Å². The molecule has 0 aliphatic carbocycles. The van der Waals surface area contributed by atoms with Crippen molar-refractivity contribution in [2.75, 3.05) is 0 Å². The molecule has 0 saturated heterocycles. The fourth-order valence-electron chi connectivity index (χ4n) is 1.14. The molecule has 2 rings (SSSR count). The fraction of sp³-hybridized carbons (Fsp3) is 0.222. The summed E-state index contributed by atoms with van der Waals surface area (Å²) >= 11 is 0. The van der Waals surface area contributed by atoms with Gasteiger partial charge in [-0.15, -0.1) is 0 Å². The zero-order valence-corrected chi connectivity index (χ0v) is 7.71. The second-order valence-electron chi connectivity index (χ2n) is 2.94. The highest BCUT2D eigenvalue weighted by Crippen LogP contribution is 2.15. The molecule has 1 atom stereocenters. The normalized spacial score (nSPS) is 12.7. The van der Waals surface area contributed by atoms with E-state index in [0.29, 0.717) is 11.7 Å². The zero-order chi connectivity index (χ0) is 9.97. The van der Waals surface area contributed by atoms with E-state index >= 15 is 0 Å². The molecule has 0 amide bonds. The van der Waals surface area contributed by atoms with Crippen LogP contribution >= 0.6 is 0 Å². The summed E-state index contributed by atoms with van der Waals surface area (Å²) in [5, 5.41) is 3.68. The number of nitrogens with zero attached hydrogens (tertiary/aromatic N) is 3. The topological polar surface area (TPSA) is 77.8 Å². The van der Waals surface area contributed by atoms with Crippen LogP contribution in [0.3, 0.4) is 0 Å². The predicted octanol–water partition coefficient (Wildman–Crippen LogP) is 0.821. The van der Waals surface area contributed by atoms with Gasteiger partial charge in [-0.1, -0.05) is 11.2 Å². The number of hydrogen-bond donors (Lipinski definition) is 1. The van der Waals surface area contributed by atoms with Crippen LogP contribution in [0.15, 0.2) is 29.0 Å². The van der Waals surface area contributed by atoms with Gasteiger partial charge in [-0.25, -0.2) is 0 Å². The van der Waals surface area contributed by atoms with Crippen LogP contribution in [0.1, 0.15) is 23.3 Å². The second-order valence-corrected chi connectivity index (χ2v) is 2.94. The highest BCUT2D eigenvalue weighted by Gasteiger charge is 2.15. The Morgan fingerprint density at radius 3 is 2.93 bits per heavy atom. The lowest BCUT2D eigenvalue weighted by Gasteiger charge is -2.04. The molecule has 0 unspecified atom stereocenters. The Morgan fingerprint density at radius 2 is 2.36 bits per heavy atom. The summed E-state index contributed by atoms with van der Waals surface area (Å²) in [5.41, 5.74) is 6.75. The van der Waals surface area contributed by atoms with Crippen LogP contribution < -0.4 is 5.73 Å². The van der Waals surface area contributed by atoms with Crippen LogP contribution in [0.5, 0.6) is 0 Å². The lowest BCUT2D eigenvalue weighted by Crippen LogP contribution is -2.12. The highest BCUT2D eigenvalue weighted by atomic mass is 16.5. The van der Waals surface area contributed by atoms with Crippen LogP contribution in [0, 0.1) is 6.92 Å². The van der Waals surface area contributed by atoms with E-state index in [0.717, 1.165) is 5.56 Å².